The van der Waals surface area contributed by atoms with Crippen molar-refractivity contribution in [2.45, 2.75) is 64.8 Å². The van der Waals surface area contributed by atoms with Gasteiger partial charge < -0.3 is 10.6 Å². The molecular weight excluding hydrogens is 276 g/mol. The van der Waals surface area contributed by atoms with Crippen molar-refractivity contribution < 1.29 is 9.59 Å². The monoisotopic (exact) mass is 304 g/mol. The van der Waals surface area contributed by atoms with Gasteiger partial charge in [-0.1, -0.05) is 57.7 Å². The molecule has 1 rings (SSSR count). The summed E-state index contributed by atoms with van der Waals surface area (Å²) in [7, 11) is 0. The third kappa shape index (κ3) is 7.25. The van der Waals surface area contributed by atoms with Gasteiger partial charge in [0.2, 0.25) is 11.8 Å². The highest BCUT2D eigenvalue weighted by Crippen LogP contribution is 2.09. The second kappa shape index (κ2) is 10.8. The summed E-state index contributed by atoms with van der Waals surface area (Å²) in [6.45, 7) is 4.19. The van der Waals surface area contributed by atoms with Crippen molar-refractivity contribution in [2.24, 2.45) is 0 Å². The summed E-state index contributed by atoms with van der Waals surface area (Å²) in [5.74, 6) is -0.166. The van der Waals surface area contributed by atoms with E-state index in [-0.39, 0.29) is 11.8 Å². The highest BCUT2D eigenvalue weighted by Gasteiger charge is 2.20. The van der Waals surface area contributed by atoms with Gasteiger partial charge in [-0.05, 0) is 25.0 Å². The van der Waals surface area contributed by atoms with Crippen LogP contribution in [0, 0.1) is 0 Å². The van der Waals surface area contributed by atoms with Crippen LogP contribution < -0.4 is 10.6 Å². The van der Waals surface area contributed by atoms with E-state index < -0.39 is 6.04 Å². The van der Waals surface area contributed by atoms with Crippen LogP contribution in [0.5, 0.6) is 0 Å². The molecule has 1 aromatic rings. The normalized spacial score (nSPS) is 11.7. The fraction of sp³-hybridized carbons (Fsp3) is 0.556. The summed E-state index contributed by atoms with van der Waals surface area (Å²) in [6.07, 6.45) is 6.10. The highest BCUT2D eigenvalue weighted by molar-refractivity contribution is 5.97. The van der Waals surface area contributed by atoms with Crippen LogP contribution in [-0.4, -0.2) is 17.9 Å². The predicted octanol–water partition coefficient (Wildman–Crippen LogP) is 3.88. The summed E-state index contributed by atoms with van der Waals surface area (Å²) in [6, 6.07) is 8.89. The molecule has 1 atom stereocenters. The molecule has 0 aliphatic heterocycles. The quantitative estimate of drug-likeness (QED) is 0.644. The predicted molar refractivity (Wildman–Crippen MR) is 90.7 cm³/mol. The van der Waals surface area contributed by atoms with Crippen LogP contribution in [0.4, 0.5) is 5.69 Å². The van der Waals surface area contributed by atoms with Gasteiger partial charge in [0.15, 0.2) is 0 Å². The molecule has 0 radical (unpaired) electrons. The Bertz CT molecular complexity index is 446. The fourth-order valence-electron chi connectivity index (χ4n) is 2.23. The first kappa shape index (κ1) is 18.2. The number of nitrogens with one attached hydrogen (secondary N) is 2. The Hall–Kier alpha value is -1.84. The largest absolute Gasteiger partial charge is 0.344 e. The maximum absolute atomic E-state index is 12.4. The molecule has 0 spiro atoms. The molecular formula is C18H28N2O2. The van der Waals surface area contributed by atoms with Gasteiger partial charge in [0.25, 0.3) is 0 Å². The lowest BCUT2D eigenvalue weighted by Crippen LogP contribution is -2.43. The van der Waals surface area contributed by atoms with Crippen molar-refractivity contribution in [1.29, 1.82) is 0 Å². The number of unbranched alkanes of at least 4 members (excludes halogenated alkanes) is 3. The molecule has 0 bridgehead atoms. The number of rotatable bonds is 10. The molecule has 0 aromatic heterocycles. The molecule has 4 nitrogen and oxygen atoms in total. The van der Waals surface area contributed by atoms with E-state index in [2.05, 4.69) is 24.5 Å². The van der Waals surface area contributed by atoms with Crippen molar-refractivity contribution in [3.63, 3.8) is 0 Å². The second-order valence-electron chi connectivity index (χ2n) is 5.57. The number of anilines is 1. The summed E-state index contributed by atoms with van der Waals surface area (Å²) in [5, 5.41) is 5.75. The zero-order valence-electron chi connectivity index (χ0n) is 13.7. The fourth-order valence-corrected chi connectivity index (χ4v) is 2.23. The Morgan fingerprint density at radius 2 is 1.68 bits per heavy atom. The summed E-state index contributed by atoms with van der Waals surface area (Å²) >= 11 is 0. The first-order chi connectivity index (χ1) is 10.7. The van der Waals surface area contributed by atoms with Gasteiger partial charge in [0.05, 0.1) is 0 Å². The van der Waals surface area contributed by atoms with Crippen molar-refractivity contribution in [3.8, 4) is 0 Å². The van der Waals surface area contributed by atoms with Crippen LogP contribution in [0.15, 0.2) is 30.3 Å². The number of hydrogen-bond acceptors (Lipinski definition) is 2. The lowest BCUT2D eigenvalue weighted by Gasteiger charge is -2.18. The topological polar surface area (TPSA) is 58.2 Å². The first-order valence-corrected chi connectivity index (χ1v) is 8.32. The molecule has 0 saturated heterocycles. The van der Waals surface area contributed by atoms with E-state index >= 15 is 0 Å². The Labute approximate surface area is 133 Å². The third-order valence-corrected chi connectivity index (χ3v) is 3.55. The van der Waals surface area contributed by atoms with Crippen molar-refractivity contribution in [1.82, 2.24) is 5.32 Å². The number of para-hydroxylation sites is 1. The number of carbonyl (C=O) groups is 2. The lowest BCUT2D eigenvalue weighted by atomic mass is 10.1. The van der Waals surface area contributed by atoms with Gasteiger partial charge in [0, 0.05) is 12.1 Å². The second-order valence-corrected chi connectivity index (χ2v) is 5.57. The van der Waals surface area contributed by atoms with Crippen LogP contribution in [0.3, 0.4) is 0 Å². The summed E-state index contributed by atoms with van der Waals surface area (Å²) in [5.41, 5.74) is 0.759. The van der Waals surface area contributed by atoms with Gasteiger partial charge in [-0.3, -0.25) is 9.59 Å². The first-order valence-electron chi connectivity index (χ1n) is 8.32. The molecule has 22 heavy (non-hydrogen) atoms. The SMILES string of the molecule is CCCCCC(=O)NC(CCCC)C(=O)Nc1ccccc1. The van der Waals surface area contributed by atoms with E-state index in [0.717, 1.165) is 37.8 Å². The Morgan fingerprint density at radius 1 is 1.00 bits per heavy atom. The van der Waals surface area contributed by atoms with Gasteiger partial charge in [-0.15, -0.1) is 0 Å². The van der Waals surface area contributed by atoms with Crippen LogP contribution in [0.1, 0.15) is 58.8 Å². The molecule has 1 unspecified atom stereocenters. The zero-order chi connectivity index (χ0) is 16.2. The zero-order valence-corrected chi connectivity index (χ0v) is 13.7. The Balaban J connectivity index is 2.54. The lowest BCUT2D eigenvalue weighted by molar-refractivity contribution is -0.126. The molecule has 0 saturated carbocycles. The molecule has 0 fully saturated rings. The van der Waals surface area contributed by atoms with Crippen LogP contribution in [0.2, 0.25) is 0 Å². The summed E-state index contributed by atoms with van der Waals surface area (Å²) < 4.78 is 0. The number of carbonyl (C=O) groups excluding carboxylic acids is 2. The van der Waals surface area contributed by atoms with Crippen LogP contribution in [0.25, 0.3) is 0 Å². The third-order valence-electron chi connectivity index (χ3n) is 3.55. The molecule has 0 aliphatic carbocycles. The van der Waals surface area contributed by atoms with Gasteiger partial charge >= 0.3 is 0 Å². The maximum atomic E-state index is 12.4. The Morgan fingerprint density at radius 3 is 2.32 bits per heavy atom. The van der Waals surface area contributed by atoms with E-state index in [1.807, 2.05) is 30.3 Å². The van der Waals surface area contributed by atoms with Gasteiger partial charge in [-0.2, -0.15) is 0 Å². The van der Waals surface area contributed by atoms with Crippen molar-refractivity contribution in [3.05, 3.63) is 30.3 Å². The standard InChI is InChI=1S/C18H28N2O2/c1-3-5-8-14-17(21)20-16(13-6-4-2)18(22)19-15-11-9-7-10-12-15/h7,9-12,16H,3-6,8,13-14H2,1-2H3,(H,19,22)(H,20,21). The molecule has 0 aliphatic rings. The van der Waals surface area contributed by atoms with E-state index in [9.17, 15) is 9.59 Å². The van der Waals surface area contributed by atoms with Gasteiger partial charge in [0.1, 0.15) is 6.04 Å². The maximum Gasteiger partial charge on any atom is 0.246 e. The molecule has 2 N–H and O–H groups in total. The Kier molecular flexibility index (Phi) is 8.96. The van der Waals surface area contributed by atoms with E-state index in [0.29, 0.717) is 12.8 Å². The van der Waals surface area contributed by atoms with Crippen molar-refractivity contribution in [2.75, 3.05) is 5.32 Å². The minimum absolute atomic E-state index is 0.0298. The molecule has 0 heterocycles. The summed E-state index contributed by atoms with van der Waals surface area (Å²) in [4.78, 5) is 24.3. The average Bonchev–Trinajstić information content (AvgIpc) is 2.52. The van der Waals surface area contributed by atoms with Crippen molar-refractivity contribution >= 4 is 17.5 Å². The number of benzene rings is 1. The highest BCUT2D eigenvalue weighted by atomic mass is 16.2. The molecule has 122 valence electrons. The van der Waals surface area contributed by atoms with E-state index in [1.165, 1.54) is 0 Å². The molecule has 2 amide bonds. The van der Waals surface area contributed by atoms with Crippen LogP contribution in [-0.2, 0) is 9.59 Å². The van der Waals surface area contributed by atoms with Gasteiger partial charge in [-0.25, -0.2) is 0 Å². The minimum atomic E-state index is -0.450. The van der Waals surface area contributed by atoms with E-state index in [4.69, 9.17) is 0 Å². The smallest absolute Gasteiger partial charge is 0.246 e. The minimum Gasteiger partial charge on any atom is -0.344 e. The number of hydrogen-bond donors (Lipinski definition) is 2. The molecule has 1 aromatic carbocycles. The van der Waals surface area contributed by atoms with Crippen LogP contribution >= 0.6 is 0 Å². The van der Waals surface area contributed by atoms with E-state index in [1.54, 1.807) is 0 Å². The molecule has 4 heteroatoms. The number of amides is 2. The average molecular weight is 304 g/mol.